The van der Waals surface area contributed by atoms with Crippen LogP contribution in [0.2, 0.25) is 0 Å². The molecule has 1 aliphatic heterocycles. The molecule has 4 rings (SSSR count). The summed E-state index contributed by atoms with van der Waals surface area (Å²) >= 11 is 0. The zero-order chi connectivity index (χ0) is 23.6. The van der Waals surface area contributed by atoms with Crippen molar-refractivity contribution in [2.75, 3.05) is 24.5 Å². The van der Waals surface area contributed by atoms with E-state index in [1.54, 1.807) is 48.9 Å². The number of nitrogens with one attached hydrogen (secondary N) is 1. The molecule has 8 nitrogen and oxygen atoms in total. The van der Waals surface area contributed by atoms with Crippen molar-refractivity contribution in [3.05, 3.63) is 64.6 Å². The molecule has 1 aromatic heterocycles. The Labute approximate surface area is 192 Å². The van der Waals surface area contributed by atoms with E-state index < -0.39 is 11.3 Å². The second-order valence-corrected chi connectivity index (χ2v) is 8.92. The topological polar surface area (TPSA) is 87.8 Å². The van der Waals surface area contributed by atoms with Gasteiger partial charge in [-0.2, -0.15) is 0 Å². The lowest BCUT2D eigenvalue weighted by molar-refractivity contribution is -0.129. The van der Waals surface area contributed by atoms with Crippen molar-refractivity contribution in [1.82, 2.24) is 14.8 Å². The van der Waals surface area contributed by atoms with E-state index in [2.05, 4.69) is 17.4 Å². The van der Waals surface area contributed by atoms with E-state index in [0.717, 1.165) is 19.3 Å². The second kappa shape index (κ2) is 9.13. The molecule has 2 aromatic carbocycles. The smallest absolute Gasteiger partial charge is 0.408 e. The molecular weight excluding hydrogens is 420 g/mol. The lowest BCUT2D eigenvalue weighted by Gasteiger charge is -2.45. The van der Waals surface area contributed by atoms with Gasteiger partial charge in [-0.15, -0.1) is 0 Å². The molecular formula is C25H30N4O4. The van der Waals surface area contributed by atoms with Gasteiger partial charge in [0.05, 0.1) is 5.52 Å². The molecule has 1 saturated heterocycles. The number of unbranched alkanes of at least 4 members (excludes halogenated alkanes) is 1. The molecule has 1 N–H and O–H groups in total. The first-order valence-corrected chi connectivity index (χ1v) is 11.3. The Morgan fingerprint density at radius 1 is 1.06 bits per heavy atom. The van der Waals surface area contributed by atoms with Gasteiger partial charge < -0.3 is 19.5 Å². The maximum absolute atomic E-state index is 13.3. The van der Waals surface area contributed by atoms with Crippen LogP contribution in [0.15, 0.2) is 57.7 Å². The highest BCUT2D eigenvalue weighted by Crippen LogP contribution is 2.29. The monoisotopic (exact) mass is 450 g/mol. The number of anilines is 1. The van der Waals surface area contributed by atoms with Crippen LogP contribution in [0.4, 0.5) is 10.5 Å². The maximum Gasteiger partial charge on any atom is 0.419 e. The largest absolute Gasteiger partial charge is 0.419 e. The summed E-state index contributed by atoms with van der Waals surface area (Å²) in [6.07, 6.45) is 2.83. The number of nitrogens with zero attached hydrogens (tertiary/aromatic N) is 3. The molecule has 8 heteroatoms. The van der Waals surface area contributed by atoms with E-state index >= 15 is 0 Å². The average Bonchev–Trinajstić information content (AvgIpc) is 3.08. The molecule has 0 bridgehead atoms. The summed E-state index contributed by atoms with van der Waals surface area (Å²) in [6, 6.07) is 15.3. The Hall–Kier alpha value is -3.55. The predicted molar refractivity (Wildman–Crippen MR) is 127 cm³/mol. The van der Waals surface area contributed by atoms with Crippen LogP contribution in [0.5, 0.6) is 0 Å². The maximum atomic E-state index is 13.3. The van der Waals surface area contributed by atoms with E-state index in [1.165, 1.54) is 10.1 Å². The van der Waals surface area contributed by atoms with E-state index in [-0.39, 0.29) is 11.9 Å². The van der Waals surface area contributed by atoms with Crippen LogP contribution in [-0.4, -0.2) is 46.6 Å². The van der Waals surface area contributed by atoms with Crippen LogP contribution >= 0.6 is 0 Å². The molecule has 33 heavy (non-hydrogen) atoms. The molecule has 2 heterocycles. The highest BCUT2D eigenvalue weighted by atomic mass is 16.4. The standard InChI is InChI=1S/C25H30N4O4/c1-25(2)22(30)28(19-12-13-20-21(17-19)33-24(32)27(20)3)15-16-29(25)23(31)26-14-8-7-11-18-9-5-4-6-10-18/h4-6,9-10,12-13,17H,7-8,11,14-16H2,1-3H3,(H,26,31). The van der Waals surface area contributed by atoms with Gasteiger partial charge in [-0.05, 0) is 50.8 Å². The van der Waals surface area contributed by atoms with Crippen LogP contribution < -0.4 is 16.0 Å². The molecule has 3 amide bonds. The van der Waals surface area contributed by atoms with Crippen molar-refractivity contribution in [2.24, 2.45) is 7.05 Å². The second-order valence-electron chi connectivity index (χ2n) is 8.92. The summed E-state index contributed by atoms with van der Waals surface area (Å²) in [4.78, 5) is 41.2. The number of piperazine rings is 1. The fourth-order valence-corrected chi connectivity index (χ4v) is 4.31. The average molecular weight is 451 g/mol. The van der Waals surface area contributed by atoms with Crippen LogP contribution in [0.3, 0.4) is 0 Å². The molecule has 0 aliphatic carbocycles. The van der Waals surface area contributed by atoms with Crippen molar-refractivity contribution >= 4 is 28.7 Å². The normalized spacial score (nSPS) is 15.8. The summed E-state index contributed by atoms with van der Waals surface area (Å²) in [7, 11) is 1.64. The number of rotatable bonds is 6. The van der Waals surface area contributed by atoms with Crippen molar-refractivity contribution in [2.45, 2.75) is 38.6 Å². The number of aromatic nitrogens is 1. The van der Waals surface area contributed by atoms with E-state index in [9.17, 15) is 14.4 Å². The summed E-state index contributed by atoms with van der Waals surface area (Å²) in [5.41, 5.74) is 2.04. The number of hydrogen-bond donors (Lipinski definition) is 1. The SMILES string of the molecule is Cn1c(=O)oc2cc(N3CCN(C(=O)NCCCCc4ccccc4)C(C)(C)C3=O)ccc21. The fourth-order valence-electron chi connectivity index (χ4n) is 4.31. The number of amides is 3. The minimum Gasteiger partial charge on any atom is -0.408 e. The molecule has 1 fully saturated rings. The lowest BCUT2D eigenvalue weighted by Crippen LogP contribution is -2.66. The Morgan fingerprint density at radius 2 is 1.82 bits per heavy atom. The van der Waals surface area contributed by atoms with Crippen molar-refractivity contribution in [1.29, 1.82) is 0 Å². The van der Waals surface area contributed by atoms with Gasteiger partial charge in [-0.25, -0.2) is 9.59 Å². The molecule has 0 saturated carbocycles. The molecule has 0 spiro atoms. The van der Waals surface area contributed by atoms with Crippen LogP contribution in [0.25, 0.3) is 11.1 Å². The van der Waals surface area contributed by atoms with Crippen LogP contribution in [0.1, 0.15) is 32.3 Å². The molecule has 0 unspecified atom stereocenters. The third kappa shape index (κ3) is 4.51. The quantitative estimate of drug-likeness (QED) is 0.584. The zero-order valence-electron chi connectivity index (χ0n) is 19.3. The Balaban J connectivity index is 1.36. The summed E-state index contributed by atoms with van der Waals surface area (Å²) in [6.45, 7) is 4.87. The zero-order valence-corrected chi connectivity index (χ0v) is 19.3. The Bertz CT molecular complexity index is 1210. The highest BCUT2D eigenvalue weighted by Gasteiger charge is 2.44. The molecule has 0 atom stereocenters. The van der Waals surface area contributed by atoms with Gasteiger partial charge >= 0.3 is 11.8 Å². The first kappa shape index (κ1) is 22.6. The lowest BCUT2D eigenvalue weighted by atomic mass is 9.97. The van der Waals surface area contributed by atoms with Gasteiger partial charge in [0.2, 0.25) is 0 Å². The first-order valence-electron chi connectivity index (χ1n) is 11.3. The minimum absolute atomic E-state index is 0.175. The van der Waals surface area contributed by atoms with Gasteiger partial charge in [0.15, 0.2) is 5.58 Å². The summed E-state index contributed by atoms with van der Waals surface area (Å²) < 4.78 is 6.69. The van der Waals surface area contributed by atoms with E-state index in [1.807, 2.05) is 18.2 Å². The molecule has 3 aromatic rings. The molecule has 0 radical (unpaired) electrons. The number of carbonyl (C=O) groups excluding carboxylic acids is 2. The van der Waals surface area contributed by atoms with E-state index in [0.29, 0.717) is 36.4 Å². The number of carbonyl (C=O) groups is 2. The third-order valence-electron chi connectivity index (χ3n) is 6.33. The molecule has 174 valence electrons. The summed E-state index contributed by atoms with van der Waals surface area (Å²) in [5, 5.41) is 2.97. The van der Waals surface area contributed by atoms with Crippen molar-refractivity contribution in [3.63, 3.8) is 0 Å². The Kier molecular flexibility index (Phi) is 6.26. The Morgan fingerprint density at radius 3 is 2.58 bits per heavy atom. The highest BCUT2D eigenvalue weighted by molar-refractivity contribution is 6.03. The number of oxazole rings is 1. The summed E-state index contributed by atoms with van der Waals surface area (Å²) in [5.74, 6) is -0.621. The van der Waals surface area contributed by atoms with Crippen LogP contribution in [0, 0.1) is 0 Å². The fraction of sp³-hybridized carbons (Fsp3) is 0.400. The van der Waals surface area contributed by atoms with Gasteiger partial charge in [-0.1, -0.05) is 30.3 Å². The number of aryl methyl sites for hydroxylation is 2. The van der Waals surface area contributed by atoms with Gasteiger partial charge in [0, 0.05) is 38.4 Å². The first-order chi connectivity index (χ1) is 15.8. The van der Waals surface area contributed by atoms with Crippen molar-refractivity contribution < 1.29 is 14.0 Å². The van der Waals surface area contributed by atoms with Crippen molar-refractivity contribution in [3.8, 4) is 0 Å². The number of fused-ring (bicyclic) bond motifs is 1. The number of hydrogen-bond acceptors (Lipinski definition) is 4. The van der Waals surface area contributed by atoms with Gasteiger partial charge in [0.25, 0.3) is 5.91 Å². The third-order valence-corrected chi connectivity index (χ3v) is 6.33. The van der Waals surface area contributed by atoms with Gasteiger partial charge in [-0.3, -0.25) is 9.36 Å². The minimum atomic E-state index is -1.00. The number of benzene rings is 2. The van der Waals surface area contributed by atoms with Crippen LogP contribution in [-0.2, 0) is 18.3 Å². The van der Waals surface area contributed by atoms with E-state index in [4.69, 9.17) is 4.42 Å². The number of urea groups is 1. The predicted octanol–water partition coefficient (Wildman–Crippen LogP) is 3.29. The molecule has 1 aliphatic rings. The van der Waals surface area contributed by atoms with Gasteiger partial charge in [0.1, 0.15) is 5.54 Å².